The first-order valence-electron chi connectivity index (χ1n) is 23.6. The molecule has 11 aromatic carbocycles. The van der Waals surface area contributed by atoms with E-state index in [1.165, 1.54) is 24.3 Å². The van der Waals surface area contributed by atoms with Gasteiger partial charge in [-0.1, -0.05) is 197 Å². The highest BCUT2D eigenvalue weighted by Crippen LogP contribution is 2.49. The second-order valence-corrected chi connectivity index (χ2v) is 23.4. The minimum absolute atomic E-state index is 0.349. The van der Waals surface area contributed by atoms with Crippen molar-refractivity contribution in [2.75, 3.05) is 0 Å². The first-order chi connectivity index (χ1) is 33.9. The standard InChI is InChI=1S/C61H34B2F6Si/c1-33-25-42-46-28-34(60(64,65)66)26-44-39-21-12-14-24-50(39)63(58(44)46)52-31-48-53(70(36-15-5-2-6-16-36,37-17-7-3-8-18-37)38-19-9-4-10-20-38)32-43-47-29-35(61(67,68)69)27-45-40-22-11-13-23-49(40)62(59(45)47)51-30-41(33)56(54(42)52)57(48)55(43)51/h2-32H,1H3. The molecule has 4 aliphatic heterocycles. The highest BCUT2D eigenvalue weighted by molar-refractivity contribution is 7.21. The van der Waals surface area contributed by atoms with Gasteiger partial charge in [0.1, 0.15) is 0 Å². The second kappa shape index (κ2) is 13.6. The van der Waals surface area contributed by atoms with Gasteiger partial charge in [-0.15, -0.1) is 0 Å². The molecule has 0 saturated carbocycles. The van der Waals surface area contributed by atoms with Crippen molar-refractivity contribution in [3.05, 3.63) is 205 Å². The zero-order valence-corrected chi connectivity index (χ0v) is 38.3. The lowest BCUT2D eigenvalue weighted by Gasteiger charge is -2.38. The highest BCUT2D eigenvalue weighted by atomic mass is 28.3. The lowest BCUT2D eigenvalue weighted by molar-refractivity contribution is -0.138. The van der Waals surface area contributed by atoms with Crippen LogP contribution < -0.4 is 53.5 Å². The van der Waals surface area contributed by atoms with Crippen LogP contribution >= 0.6 is 0 Å². The fourth-order valence-electron chi connectivity index (χ4n) is 13.8. The first kappa shape index (κ1) is 40.3. The Bertz CT molecular complexity index is 4010. The number of benzene rings is 11. The summed E-state index contributed by atoms with van der Waals surface area (Å²) in [6.45, 7) is 1.34. The van der Waals surface area contributed by atoms with Gasteiger partial charge in [0.2, 0.25) is 13.4 Å². The van der Waals surface area contributed by atoms with Crippen LogP contribution in [0, 0.1) is 6.92 Å². The minimum atomic E-state index is -4.63. The van der Waals surface area contributed by atoms with Gasteiger partial charge in [-0.2, -0.15) is 26.3 Å². The highest BCUT2D eigenvalue weighted by Gasteiger charge is 2.49. The van der Waals surface area contributed by atoms with Crippen LogP contribution in [0.2, 0.25) is 0 Å². The number of alkyl halides is 6. The molecule has 0 nitrogen and oxygen atoms in total. The molecule has 0 aliphatic carbocycles. The monoisotopic (exact) mass is 930 g/mol. The lowest BCUT2D eigenvalue weighted by atomic mass is 9.34. The van der Waals surface area contributed by atoms with E-state index in [0.717, 1.165) is 114 Å². The molecule has 0 bridgehead atoms. The number of hydrogen-bond acceptors (Lipinski definition) is 0. The molecule has 0 radical (unpaired) electrons. The van der Waals surface area contributed by atoms with E-state index in [9.17, 15) is 0 Å². The van der Waals surface area contributed by atoms with E-state index in [1.54, 1.807) is 0 Å². The average molecular weight is 931 g/mol. The number of fused-ring (bicyclic) bond motifs is 10. The van der Waals surface area contributed by atoms with E-state index in [0.29, 0.717) is 22.3 Å². The molecule has 11 aromatic rings. The summed E-state index contributed by atoms with van der Waals surface area (Å²) in [6, 6.07) is 61.9. The summed E-state index contributed by atoms with van der Waals surface area (Å²) in [7, 11) is -3.47. The Morgan fingerprint density at radius 3 is 1.16 bits per heavy atom. The summed E-state index contributed by atoms with van der Waals surface area (Å²) in [5.74, 6) is 0. The third-order valence-electron chi connectivity index (χ3n) is 16.3. The van der Waals surface area contributed by atoms with Gasteiger partial charge < -0.3 is 0 Å². The van der Waals surface area contributed by atoms with Gasteiger partial charge in [0.25, 0.3) is 0 Å². The van der Waals surface area contributed by atoms with Crippen molar-refractivity contribution in [3.8, 4) is 44.5 Å². The molecule has 9 heteroatoms. The number of halogens is 6. The predicted octanol–water partition coefficient (Wildman–Crippen LogP) is 9.26. The van der Waals surface area contributed by atoms with Gasteiger partial charge in [-0.05, 0) is 134 Å². The van der Waals surface area contributed by atoms with E-state index in [2.05, 4.69) is 116 Å². The Labute approximate surface area is 400 Å². The zero-order valence-electron chi connectivity index (χ0n) is 37.3. The van der Waals surface area contributed by atoms with Gasteiger partial charge in [-0.3, -0.25) is 0 Å². The lowest BCUT2D eigenvalue weighted by Crippen LogP contribution is -2.75. The van der Waals surface area contributed by atoms with Crippen molar-refractivity contribution < 1.29 is 26.3 Å². The summed E-state index contributed by atoms with van der Waals surface area (Å²) < 4.78 is 91.6. The molecule has 0 N–H and O–H groups in total. The SMILES string of the molecule is Cc1cc2c3c(cc4c([Si](c5ccccc5)(c5ccccc5)c5ccccc5)cc5c6c(cc1c3c46)B1c3ccccc3-c3cc(C(F)(F)F)cc-5c31)B1c3ccccc3-c3cc(C(F)(F)F)cc-2c31. The fourth-order valence-corrected chi connectivity index (χ4v) is 18.7. The topological polar surface area (TPSA) is 0 Å². The summed E-state index contributed by atoms with van der Waals surface area (Å²) in [6.07, 6.45) is -9.22. The maximum atomic E-state index is 15.4. The Morgan fingerprint density at radius 2 is 0.714 bits per heavy atom. The van der Waals surface area contributed by atoms with E-state index < -0.39 is 31.6 Å². The van der Waals surface area contributed by atoms with Gasteiger partial charge in [0.15, 0.2) is 8.07 Å². The molecule has 0 spiro atoms. The van der Waals surface area contributed by atoms with Crippen LogP contribution in [0.3, 0.4) is 0 Å². The molecule has 0 unspecified atom stereocenters. The van der Waals surface area contributed by atoms with E-state index in [1.807, 2.05) is 54.6 Å². The van der Waals surface area contributed by atoms with E-state index in [4.69, 9.17) is 0 Å². The Kier molecular flexibility index (Phi) is 7.82. The molecule has 0 fully saturated rings. The Morgan fingerprint density at radius 1 is 0.343 bits per heavy atom. The molecular formula is C61H34B2F6Si. The molecule has 330 valence electrons. The molecule has 15 rings (SSSR count). The maximum Gasteiger partial charge on any atom is 0.416 e. The van der Waals surface area contributed by atoms with Crippen LogP contribution in [-0.2, 0) is 12.4 Å². The van der Waals surface area contributed by atoms with Crippen LogP contribution in [0.1, 0.15) is 16.7 Å². The summed E-state index contributed by atoms with van der Waals surface area (Å²) >= 11 is 0. The molecule has 0 atom stereocenters. The van der Waals surface area contributed by atoms with Crippen molar-refractivity contribution in [2.45, 2.75) is 19.3 Å². The fraction of sp³-hybridized carbons (Fsp3) is 0.0492. The smallest absolute Gasteiger partial charge is 0.166 e. The molecule has 0 amide bonds. The van der Waals surface area contributed by atoms with Gasteiger partial charge in [0.05, 0.1) is 11.1 Å². The van der Waals surface area contributed by atoms with E-state index in [-0.39, 0.29) is 13.4 Å². The van der Waals surface area contributed by atoms with Crippen molar-refractivity contribution in [1.29, 1.82) is 0 Å². The zero-order chi connectivity index (χ0) is 47.2. The van der Waals surface area contributed by atoms with Gasteiger partial charge in [0, 0.05) is 0 Å². The maximum absolute atomic E-state index is 15.4. The van der Waals surface area contributed by atoms with Crippen molar-refractivity contribution in [1.82, 2.24) is 0 Å². The largest absolute Gasteiger partial charge is 0.416 e. The van der Waals surface area contributed by atoms with Crippen molar-refractivity contribution in [2.24, 2.45) is 0 Å². The summed E-state index contributed by atoms with van der Waals surface area (Å²) in [5, 5.41) is 10.1. The van der Waals surface area contributed by atoms with Gasteiger partial charge >= 0.3 is 12.4 Å². The van der Waals surface area contributed by atoms with Gasteiger partial charge in [-0.25, -0.2) is 0 Å². The quantitative estimate of drug-likeness (QED) is 0.0716. The molecule has 70 heavy (non-hydrogen) atoms. The Hall–Kier alpha value is -7.61. The predicted molar refractivity (Wildman–Crippen MR) is 280 cm³/mol. The molecular weight excluding hydrogens is 896 g/mol. The Balaban J connectivity index is 1.22. The minimum Gasteiger partial charge on any atom is -0.166 e. The van der Waals surface area contributed by atoms with Crippen molar-refractivity contribution >= 4 is 107 Å². The van der Waals surface area contributed by atoms with Crippen LogP contribution in [0.25, 0.3) is 76.8 Å². The average Bonchev–Trinajstić information content (AvgIpc) is 3.89. The third kappa shape index (κ3) is 5.00. The molecule has 0 aromatic heterocycles. The van der Waals surface area contributed by atoms with E-state index >= 15 is 26.3 Å². The van der Waals surface area contributed by atoms with Crippen LogP contribution in [0.15, 0.2) is 188 Å². The number of hydrogen-bond donors (Lipinski definition) is 0. The normalized spacial score (nSPS) is 13.9. The molecule has 0 saturated heterocycles. The molecule has 4 heterocycles. The van der Waals surface area contributed by atoms with Crippen LogP contribution in [0.4, 0.5) is 26.3 Å². The molecule has 4 aliphatic rings. The number of rotatable bonds is 4. The van der Waals surface area contributed by atoms with Crippen molar-refractivity contribution in [3.63, 3.8) is 0 Å². The first-order valence-corrected chi connectivity index (χ1v) is 25.6. The van der Waals surface area contributed by atoms with Crippen LogP contribution in [-0.4, -0.2) is 21.5 Å². The summed E-state index contributed by atoms with van der Waals surface area (Å²) in [4.78, 5) is 0. The third-order valence-corrected chi connectivity index (χ3v) is 21.1. The summed E-state index contributed by atoms with van der Waals surface area (Å²) in [5.41, 5.74) is 10.7. The second-order valence-electron chi connectivity index (χ2n) is 19.6. The number of aryl methyl sites for hydroxylation is 1. The van der Waals surface area contributed by atoms with Crippen LogP contribution in [0.5, 0.6) is 0 Å².